The fourth-order valence-corrected chi connectivity index (χ4v) is 3.12. The van der Waals surface area contributed by atoms with Crippen LogP contribution in [0.2, 0.25) is 0 Å². The van der Waals surface area contributed by atoms with Crippen molar-refractivity contribution >= 4 is 11.3 Å². The van der Waals surface area contributed by atoms with E-state index in [0.29, 0.717) is 6.10 Å². The quantitative estimate of drug-likeness (QED) is 0.870. The summed E-state index contributed by atoms with van der Waals surface area (Å²) in [6, 6.07) is 4.36. The van der Waals surface area contributed by atoms with Gasteiger partial charge in [-0.05, 0) is 30.7 Å². The van der Waals surface area contributed by atoms with Gasteiger partial charge in [0.15, 0.2) is 0 Å². The third-order valence-corrected chi connectivity index (χ3v) is 4.64. The lowest BCUT2D eigenvalue weighted by Gasteiger charge is -2.27. The van der Waals surface area contributed by atoms with E-state index in [1.807, 2.05) is 11.3 Å². The van der Waals surface area contributed by atoms with Crippen molar-refractivity contribution in [1.29, 1.82) is 0 Å². The molecule has 0 bridgehead atoms. The van der Waals surface area contributed by atoms with Crippen molar-refractivity contribution in [2.45, 2.75) is 44.6 Å². The highest BCUT2D eigenvalue weighted by Crippen LogP contribution is 2.26. The molecule has 1 aliphatic heterocycles. The summed E-state index contributed by atoms with van der Waals surface area (Å²) in [6.07, 6.45) is 4.20. The monoisotopic (exact) mass is 253 g/mol. The third-order valence-electron chi connectivity index (χ3n) is 3.40. The van der Waals surface area contributed by atoms with Gasteiger partial charge in [0.1, 0.15) is 0 Å². The molecule has 0 amide bonds. The van der Waals surface area contributed by atoms with Gasteiger partial charge < -0.3 is 10.1 Å². The van der Waals surface area contributed by atoms with Crippen LogP contribution in [0.25, 0.3) is 0 Å². The molecule has 1 aliphatic rings. The lowest BCUT2D eigenvalue weighted by molar-refractivity contribution is 0.0165. The van der Waals surface area contributed by atoms with E-state index in [4.69, 9.17) is 4.74 Å². The summed E-state index contributed by atoms with van der Waals surface area (Å²) in [7, 11) is 0. The number of thiophene rings is 1. The maximum atomic E-state index is 5.72. The summed E-state index contributed by atoms with van der Waals surface area (Å²) in [6.45, 7) is 7.56. The van der Waals surface area contributed by atoms with Crippen molar-refractivity contribution < 1.29 is 4.74 Å². The van der Waals surface area contributed by atoms with Crippen LogP contribution >= 0.6 is 11.3 Å². The standard InChI is InChI=1S/C14H23NOS/c1-14(2,13-7-5-9-17-13)11-15-10-12-6-3-4-8-16-12/h5,7,9,12,15H,3-4,6,8,10-11H2,1-2H3. The van der Waals surface area contributed by atoms with Crippen molar-refractivity contribution in [2.75, 3.05) is 19.7 Å². The van der Waals surface area contributed by atoms with Crippen LogP contribution in [0.5, 0.6) is 0 Å². The van der Waals surface area contributed by atoms with Crippen LogP contribution in [-0.2, 0) is 10.2 Å². The van der Waals surface area contributed by atoms with E-state index >= 15 is 0 Å². The number of hydrogen-bond acceptors (Lipinski definition) is 3. The molecule has 0 saturated carbocycles. The van der Waals surface area contributed by atoms with E-state index in [1.54, 1.807) is 0 Å². The van der Waals surface area contributed by atoms with E-state index in [9.17, 15) is 0 Å². The van der Waals surface area contributed by atoms with Crippen molar-refractivity contribution in [3.8, 4) is 0 Å². The summed E-state index contributed by atoms with van der Waals surface area (Å²) >= 11 is 1.84. The van der Waals surface area contributed by atoms with E-state index in [0.717, 1.165) is 19.7 Å². The average molecular weight is 253 g/mol. The second-order valence-electron chi connectivity index (χ2n) is 5.48. The van der Waals surface area contributed by atoms with Gasteiger partial charge in [0.25, 0.3) is 0 Å². The van der Waals surface area contributed by atoms with Gasteiger partial charge in [-0.1, -0.05) is 19.9 Å². The molecule has 1 saturated heterocycles. The van der Waals surface area contributed by atoms with E-state index in [-0.39, 0.29) is 5.41 Å². The fourth-order valence-electron chi connectivity index (χ4n) is 2.26. The number of nitrogens with one attached hydrogen (secondary N) is 1. The summed E-state index contributed by atoms with van der Waals surface area (Å²) in [5.41, 5.74) is 0.225. The van der Waals surface area contributed by atoms with Crippen LogP contribution in [0.4, 0.5) is 0 Å². The van der Waals surface area contributed by atoms with Crippen molar-refractivity contribution in [3.63, 3.8) is 0 Å². The van der Waals surface area contributed by atoms with E-state index in [2.05, 4.69) is 36.7 Å². The Hall–Kier alpha value is -0.380. The summed E-state index contributed by atoms with van der Waals surface area (Å²) in [5, 5.41) is 5.72. The molecule has 96 valence electrons. The van der Waals surface area contributed by atoms with Crippen LogP contribution in [0.1, 0.15) is 38.0 Å². The predicted molar refractivity (Wildman–Crippen MR) is 73.8 cm³/mol. The molecule has 2 heterocycles. The molecule has 1 atom stereocenters. The first-order valence-electron chi connectivity index (χ1n) is 6.55. The average Bonchev–Trinajstić information content (AvgIpc) is 2.84. The summed E-state index contributed by atoms with van der Waals surface area (Å²) < 4.78 is 5.72. The minimum Gasteiger partial charge on any atom is -0.377 e. The van der Waals surface area contributed by atoms with E-state index < -0.39 is 0 Å². The molecule has 1 aromatic heterocycles. The Balaban J connectivity index is 1.74. The maximum Gasteiger partial charge on any atom is 0.0699 e. The minimum atomic E-state index is 0.225. The molecular formula is C14H23NOS. The molecule has 0 aliphatic carbocycles. The second kappa shape index (κ2) is 5.98. The molecule has 0 aromatic carbocycles. The molecule has 1 N–H and O–H groups in total. The number of rotatable bonds is 5. The largest absolute Gasteiger partial charge is 0.377 e. The molecule has 1 aromatic rings. The van der Waals surface area contributed by atoms with Crippen molar-refractivity contribution in [1.82, 2.24) is 5.32 Å². The van der Waals surface area contributed by atoms with Crippen LogP contribution in [0.15, 0.2) is 17.5 Å². The maximum absolute atomic E-state index is 5.72. The topological polar surface area (TPSA) is 21.3 Å². The fraction of sp³-hybridized carbons (Fsp3) is 0.714. The molecule has 2 rings (SSSR count). The van der Waals surface area contributed by atoms with Gasteiger partial charge in [-0.2, -0.15) is 0 Å². The molecule has 0 spiro atoms. The van der Waals surface area contributed by atoms with Crippen LogP contribution in [-0.4, -0.2) is 25.8 Å². The Morgan fingerprint density at radius 2 is 2.35 bits per heavy atom. The highest BCUT2D eigenvalue weighted by Gasteiger charge is 2.22. The molecule has 17 heavy (non-hydrogen) atoms. The van der Waals surface area contributed by atoms with Gasteiger partial charge in [-0.3, -0.25) is 0 Å². The Kier molecular flexibility index (Phi) is 4.60. The van der Waals surface area contributed by atoms with Gasteiger partial charge in [0.2, 0.25) is 0 Å². The zero-order valence-electron chi connectivity index (χ0n) is 10.9. The Labute approximate surface area is 108 Å². The molecule has 1 fully saturated rings. The molecule has 2 nitrogen and oxygen atoms in total. The first-order valence-corrected chi connectivity index (χ1v) is 7.43. The summed E-state index contributed by atoms with van der Waals surface area (Å²) in [4.78, 5) is 1.45. The zero-order valence-corrected chi connectivity index (χ0v) is 11.7. The summed E-state index contributed by atoms with van der Waals surface area (Å²) in [5.74, 6) is 0. The Bertz CT molecular complexity index is 315. The van der Waals surface area contributed by atoms with E-state index in [1.165, 1.54) is 24.1 Å². The molecule has 1 unspecified atom stereocenters. The van der Waals surface area contributed by atoms with Crippen LogP contribution in [0.3, 0.4) is 0 Å². The Morgan fingerprint density at radius 3 is 3.00 bits per heavy atom. The predicted octanol–water partition coefficient (Wildman–Crippen LogP) is 3.18. The van der Waals surface area contributed by atoms with Gasteiger partial charge >= 0.3 is 0 Å². The molecule has 0 radical (unpaired) electrons. The molecule has 3 heteroatoms. The van der Waals surface area contributed by atoms with Crippen LogP contribution in [0, 0.1) is 0 Å². The highest BCUT2D eigenvalue weighted by molar-refractivity contribution is 7.10. The Morgan fingerprint density at radius 1 is 1.47 bits per heavy atom. The molecular weight excluding hydrogens is 230 g/mol. The highest BCUT2D eigenvalue weighted by atomic mass is 32.1. The van der Waals surface area contributed by atoms with Gasteiger partial charge in [-0.15, -0.1) is 11.3 Å². The normalized spacial score (nSPS) is 21.6. The lowest BCUT2D eigenvalue weighted by atomic mass is 9.91. The number of ether oxygens (including phenoxy) is 1. The first-order chi connectivity index (χ1) is 8.18. The van der Waals surface area contributed by atoms with Crippen molar-refractivity contribution in [3.05, 3.63) is 22.4 Å². The first kappa shape index (κ1) is 13.1. The van der Waals surface area contributed by atoms with Crippen molar-refractivity contribution in [2.24, 2.45) is 0 Å². The third kappa shape index (κ3) is 3.80. The lowest BCUT2D eigenvalue weighted by Crippen LogP contribution is -2.38. The van der Waals surface area contributed by atoms with Gasteiger partial charge in [-0.25, -0.2) is 0 Å². The van der Waals surface area contributed by atoms with Crippen LogP contribution < -0.4 is 5.32 Å². The SMILES string of the molecule is CC(C)(CNCC1CCCCO1)c1cccs1. The zero-order chi connectivity index (χ0) is 12.1. The number of hydrogen-bond donors (Lipinski definition) is 1. The van der Waals surface area contributed by atoms with Gasteiger partial charge in [0.05, 0.1) is 6.10 Å². The smallest absolute Gasteiger partial charge is 0.0699 e. The minimum absolute atomic E-state index is 0.225. The second-order valence-corrected chi connectivity index (χ2v) is 6.43. The van der Waals surface area contributed by atoms with Gasteiger partial charge in [0, 0.05) is 30.0 Å².